The quantitative estimate of drug-likeness (QED) is 0.675. The summed E-state index contributed by atoms with van der Waals surface area (Å²) in [4.78, 5) is 6.68. The third-order valence-corrected chi connectivity index (χ3v) is 5.04. The fraction of sp³-hybridized carbons (Fsp3) is 0.286. The van der Waals surface area contributed by atoms with E-state index in [1.807, 2.05) is 36.4 Å². The molecule has 0 radical (unpaired) electrons. The molecule has 1 aromatic heterocycles. The maximum absolute atomic E-state index is 9.74. The summed E-state index contributed by atoms with van der Waals surface area (Å²) in [5.74, 6) is 1.32. The van der Waals surface area contributed by atoms with Gasteiger partial charge in [0.1, 0.15) is 0 Å². The Bertz CT molecular complexity index is 904. The number of anilines is 2. The number of oxazole rings is 1. The highest BCUT2D eigenvalue weighted by Gasteiger charge is 2.19. The van der Waals surface area contributed by atoms with E-state index in [2.05, 4.69) is 27.3 Å². The van der Waals surface area contributed by atoms with E-state index < -0.39 is 0 Å². The number of hydrogen-bond acceptors (Lipinski definition) is 5. The minimum atomic E-state index is -0.182. The van der Waals surface area contributed by atoms with Gasteiger partial charge >= 0.3 is 0 Å². The van der Waals surface area contributed by atoms with Crippen molar-refractivity contribution in [2.24, 2.45) is 0 Å². The van der Waals surface area contributed by atoms with E-state index >= 15 is 0 Å². The monoisotopic (exact) mass is 383 g/mol. The van der Waals surface area contributed by atoms with Gasteiger partial charge in [-0.15, -0.1) is 0 Å². The Hall–Kier alpha value is -2.50. The first kappa shape index (κ1) is 17.9. The molecular formula is C21H22ClN3O2. The SMILES string of the molecule is OC1CCN(c2ccccc2NCc2ncc(-c3cccc(Cl)c3)o2)CC1. The van der Waals surface area contributed by atoms with Gasteiger partial charge in [0.15, 0.2) is 5.76 Å². The summed E-state index contributed by atoms with van der Waals surface area (Å²) in [5.41, 5.74) is 3.09. The largest absolute Gasteiger partial charge is 0.439 e. The normalized spacial score (nSPS) is 15.1. The van der Waals surface area contributed by atoms with Crippen LogP contribution >= 0.6 is 11.6 Å². The Morgan fingerprint density at radius 2 is 1.96 bits per heavy atom. The minimum Gasteiger partial charge on any atom is -0.439 e. The second-order valence-electron chi connectivity index (χ2n) is 6.72. The van der Waals surface area contributed by atoms with Gasteiger partial charge in [-0.2, -0.15) is 0 Å². The van der Waals surface area contributed by atoms with Crippen LogP contribution in [0.4, 0.5) is 11.4 Å². The van der Waals surface area contributed by atoms with Gasteiger partial charge in [-0.1, -0.05) is 35.9 Å². The van der Waals surface area contributed by atoms with E-state index in [0.29, 0.717) is 23.2 Å². The molecular weight excluding hydrogens is 362 g/mol. The Morgan fingerprint density at radius 3 is 2.78 bits per heavy atom. The molecule has 0 aliphatic carbocycles. The molecule has 1 saturated heterocycles. The first-order valence-electron chi connectivity index (χ1n) is 9.15. The molecule has 27 heavy (non-hydrogen) atoms. The highest BCUT2D eigenvalue weighted by molar-refractivity contribution is 6.30. The molecule has 140 valence electrons. The lowest BCUT2D eigenvalue weighted by Gasteiger charge is -2.32. The van der Waals surface area contributed by atoms with Crippen molar-refractivity contribution in [3.05, 3.63) is 65.6 Å². The number of rotatable bonds is 5. The highest BCUT2D eigenvalue weighted by Crippen LogP contribution is 2.29. The van der Waals surface area contributed by atoms with Gasteiger partial charge in [0, 0.05) is 23.7 Å². The number of para-hydroxylation sites is 2. The van der Waals surface area contributed by atoms with Crippen LogP contribution in [0.3, 0.4) is 0 Å². The number of aliphatic hydroxyl groups is 1. The van der Waals surface area contributed by atoms with E-state index in [1.54, 1.807) is 6.20 Å². The molecule has 5 nitrogen and oxygen atoms in total. The Morgan fingerprint density at radius 1 is 1.15 bits per heavy atom. The van der Waals surface area contributed by atoms with Crippen molar-refractivity contribution < 1.29 is 9.52 Å². The number of halogens is 1. The summed E-state index contributed by atoms with van der Waals surface area (Å²) in [7, 11) is 0. The molecule has 0 bridgehead atoms. The number of hydrogen-bond donors (Lipinski definition) is 2. The van der Waals surface area contributed by atoms with Gasteiger partial charge in [0.2, 0.25) is 5.89 Å². The molecule has 1 aliphatic heterocycles. The Balaban J connectivity index is 1.45. The number of benzene rings is 2. The number of piperidine rings is 1. The van der Waals surface area contributed by atoms with Gasteiger partial charge in [-0.3, -0.25) is 0 Å². The van der Waals surface area contributed by atoms with Crippen LogP contribution in [-0.4, -0.2) is 29.3 Å². The third-order valence-electron chi connectivity index (χ3n) is 4.80. The summed E-state index contributed by atoms with van der Waals surface area (Å²) in [6.45, 7) is 2.21. The minimum absolute atomic E-state index is 0.182. The maximum atomic E-state index is 9.74. The van der Waals surface area contributed by atoms with Gasteiger partial charge < -0.3 is 19.7 Å². The van der Waals surface area contributed by atoms with Crippen molar-refractivity contribution in [1.29, 1.82) is 0 Å². The fourth-order valence-electron chi connectivity index (χ4n) is 3.34. The van der Waals surface area contributed by atoms with Crippen molar-refractivity contribution >= 4 is 23.0 Å². The van der Waals surface area contributed by atoms with Crippen LogP contribution in [0.2, 0.25) is 5.02 Å². The summed E-state index contributed by atoms with van der Waals surface area (Å²) in [6.07, 6.45) is 3.15. The zero-order valence-electron chi connectivity index (χ0n) is 14.9. The second kappa shape index (κ2) is 8.03. The van der Waals surface area contributed by atoms with E-state index in [-0.39, 0.29) is 6.10 Å². The zero-order valence-corrected chi connectivity index (χ0v) is 15.7. The van der Waals surface area contributed by atoms with Crippen LogP contribution < -0.4 is 10.2 Å². The average molecular weight is 384 g/mol. The molecule has 0 amide bonds. The van der Waals surface area contributed by atoms with Crippen molar-refractivity contribution in [3.8, 4) is 11.3 Å². The number of nitrogens with one attached hydrogen (secondary N) is 1. The molecule has 0 atom stereocenters. The van der Waals surface area contributed by atoms with Crippen molar-refractivity contribution in [2.75, 3.05) is 23.3 Å². The molecule has 0 saturated carbocycles. The van der Waals surface area contributed by atoms with Crippen LogP contribution in [0.15, 0.2) is 59.1 Å². The first-order chi connectivity index (χ1) is 13.2. The summed E-state index contributed by atoms with van der Waals surface area (Å²) in [6, 6.07) is 15.7. The predicted octanol–water partition coefficient (Wildman–Crippen LogP) is 4.57. The zero-order chi connectivity index (χ0) is 18.6. The lowest BCUT2D eigenvalue weighted by molar-refractivity contribution is 0.145. The van der Waals surface area contributed by atoms with Gasteiger partial charge in [0.25, 0.3) is 0 Å². The molecule has 3 aromatic rings. The van der Waals surface area contributed by atoms with E-state index in [4.69, 9.17) is 16.0 Å². The van der Waals surface area contributed by atoms with Gasteiger partial charge in [-0.05, 0) is 37.1 Å². The first-order valence-corrected chi connectivity index (χ1v) is 9.53. The average Bonchev–Trinajstić information content (AvgIpc) is 3.16. The van der Waals surface area contributed by atoms with Crippen LogP contribution in [0.5, 0.6) is 0 Å². The van der Waals surface area contributed by atoms with Crippen LogP contribution in [-0.2, 0) is 6.54 Å². The number of aliphatic hydroxyl groups excluding tert-OH is 1. The van der Waals surface area contributed by atoms with E-state index in [0.717, 1.165) is 42.9 Å². The standard InChI is InChI=1S/C21H22ClN3O2/c22-16-5-3-4-15(12-16)20-13-24-21(27-20)14-23-18-6-1-2-7-19(18)25-10-8-17(26)9-11-25/h1-7,12-13,17,23,26H,8-11,14H2. The third kappa shape index (κ3) is 4.26. The fourth-order valence-corrected chi connectivity index (χ4v) is 3.53. The molecule has 2 aromatic carbocycles. The molecule has 4 rings (SSSR count). The molecule has 6 heteroatoms. The van der Waals surface area contributed by atoms with Gasteiger partial charge in [0.05, 0.1) is 30.2 Å². The van der Waals surface area contributed by atoms with Gasteiger partial charge in [-0.25, -0.2) is 4.98 Å². The van der Waals surface area contributed by atoms with Crippen LogP contribution in [0, 0.1) is 0 Å². The lowest BCUT2D eigenvalue weighted by atomic mass is 10.1. The molecule has 0 unspecified atom stereocenters. The summed E-state index contributed by atoms with van der Waals surface area (Å²) >= 11 is 6.05. The maximum Gasteiger partial charge on any atom is 0.214 e. The lowest BCUT2D eigenvalue weighted by Crippen LogP contribution is -2.36. The van der Waals surface area contributed by atoms with Crippen LogP contribution in [0.25, 0.3) is 11.3 Å². The van der Waals surface area contributed by atoms with E-state index in [1.165, 1.54) is 0 Å². The van der Waals surface area contributed by atoms with Crippen LogP contribution in [0.1, 0.15) is 18.7 Å². The highest BCUT2D eigenvalue weighted by atomic mass is 35.5. The molecule has 1 fully saturated rings. The number of aromatic nitrogens is 1. The summed E-state index contributed by atoms with van der Waals surface area (Å²) < 4.78 is 5.87. The van der Waals surface area contributed by atoms with E-state index in [9.17, 15) is 5.11 Å². The molecule has 2 N–H and O–H groups in total. The second-order valence-corrected chi connectivity index (χ2v) is 7.15. The predicted molar refractivity (Wildman–Crippen MR) is 108 cm³/mol. The number of nitrogens with zero attached hydrogens (tertiary/aromatic N) is 2. The topological polar surface area (TPSA) is 61.5 Å². The summed E-state index contributed by atoms with van der Waals surface area (Å²) in [5, 5.41) is 13.8. The Kier molecular flexibility index (Phi) is 5.32. The Labute approximate surface area is 163 Å². The molecule has 1 aliphatic rings. The molecule has 2 heterocycles. The van der Waals surface area contributed by atoms with Crippen molar-refractivity contribution in [2.45, 2.75) is 25.5 Å². The van der Waals surface area contributed by atoms with Crippen molar-refractivity contribution in [1.82, 2.24) is 4.98 Å². The molecule has 0 spiro atoms. The van der Waals surface area contributed by atoms with Crippen molar-refractivity contribution in [3.63, 3.8) is 0 Å². The smallest absolute Gasteiger partial charge is 0.214 e.